The van der Waals surface area contributed by atoms with Crippen LogP contribution in [-0.4, -0.2) is 39.0 Å². The third kappa shape index (κ3) is 4.70. The number of rotatable bonds is 8. The second-order valence-electron chi connectivity index (χ2n) is 5.35. The van der Waals surface area contributed by atoms with Crippen molar-refractivity contribution in [2.24, 2.45) is 0 Å². The normalized spacial score (nSPS) is 10.6. The Morgan fingerprint density at radius 1 is 1.32 bits per heavy atom. The van der Waals surface area contributed by atoms with E-state index in [4.69, 9.17) is 5.11 Å². The summed E-state index contributed by atoms with van der Waals surface area (Å²) in [4.78, 5) is 21.2. The number of H-pyrrole nitrogens is 1. The average molecular weight is 301 g/mol. The fraction of sp³-hybridized carbons (Fsp3) is 0.412. The van der Waals surface area contributed by atoms with Crippen LogP contribution in [0, 0.1) is 6.92 Å². The predicted octanol–water partition coefficient (Wildman–Crippen LogP) is 2.06. The topological polar surface area (TPSA) is 69.2 Å². The van der Waals surface area contributed by atoms with Gasteiger partial charge < -0.3 is 15.0 Å². The maximum Gasteiger partial charge on any atom is 0.223 e. The maximum absolute atomic E-state index is 12.3. The van der Waals surface area contributed by atoms with E-state index in [9.17, 15) is 4.79 Å². The van der Waals surface area contributed by atoms with E-state index in [-0.39, 0.29) is 12.5 Å². The lowest BCUT2D eigenvalue weighted by atomic mass is 10.1. The van der Waals surface area contributed by atoms with Crippen LogP contribution in [0.1, 0.15) is 29.8 Å². The van der Waals surface area contributed by atoms with Gasteiger partial charge in [0, 0.05) is 18.7 Å². The number of hydrogen-bond acceptors (Lipinski definition) is 3. The van der Waals surface area contributed by atoms with Gasteiger partial charge in [0.15, 0.2) is 0 Å². The minimum Gasteiger partial charge on any atom is -0.395 e. The molecule has 0 radical (unpaired) electrons. The summed E-state index contributed by atoms with van der Waals surface area (Å²) in [6.45, 7) is 2.68. The van der Waals surface area contributed by atoms with Crippen LogP contribution in [0.15, 0.2) is 36.7 Å². The number of aryl methyl sites for hydroxylation is 2. The van der Waals surface area contributed by atoms with E-state index in [0.717, 1.165) is 24.2 Å². The fourth-order valence-electron chi connectivity index (χ4n) is 2.39. The van der Waals surface area contributed by atoms with Gasteiger partial charge in [-0.05, 0) is 25.3 Å². The lowest BCUT2D eigenvalue weighted by Gasteiger charge is -2.21. The summed E-state index contributed by atoms with van der Waals surface area (Å²) in [7, 11) is 0. The zero-order valence-electron chi connectivity index (χ0n) is 13.0. The van der Waals surface area contributed by atoms with Crippen LogP contribution < -0.4 is 0 Å². The number of hydrogen-bond donors (Lipinski definition) is 2. The van der Waals surface area contributed by atoms with Crippen molar-refractivity contribution in [3.05, 3.63) is 53.6 Å². The Bertz CT molecular complexity index is 581. The molecule has 22 heavy (non-hydrogen) atoms. The average Bonchev–Trinajstić information content (AvgIpc) is 2.93. The number of aliphatic hydroxyl groups excluding tert-OH is 1. The summed E-state index contributed by atoms with van der Waals surface area (Å²) in [6.07, 6.45) is 3.81. The highest BCUT2D eigenvalue weighted by Crippen LogP contribution is 2.10. The molecule has 0 bridgehead atoms. The van der Waals surface area contributed by atoms with Crippen LogP contribution in [0.2, 0.25) is 0 Å². The van der Waals surface area contributed by atoms with Gasteiger partial charge in [-0.15, -0.1) is 0 Å². The van der Waals surface area contributed by atoms with E-state index in [0.29, 0.717) is 19.5 Å². The van der Waals surface area contributed by atoms with Gasteiger partial charge in [-0.2, -0.15) is 0 Å². The van der Waals surface area contributed by atoms with E-state index < -0.39 is 0 Å². The summed E-state index contributed by atoms with van der Waals surface area (Å²) in [5.41, 5.74) is 3.05. The molecule has 2 rings (SSSR count). The molecule has 0 aliphatic heterocycles. The summed E-state index contributed by atoms with van der Waals surface area (Å²) in [5.74, 6) is 0.0624. The van der Waals surface area contributed by atoms with E-state index in [1.807, 2.05) is 25.1 Å². The predicted molar refractivity (Wildman–Crippen MR) is 85.2 cm³/mol. The summed E-state index contributed by atoms with van der Waals surface area (Å²) < 4.78 is 0. The van der Waals surface area contributed by atoms with Crippen LogP contribution in [-0.2, 0) is 17.8 Å². The molecule has 2 aromatic rings. The van der Waals surface area contributed by atoms with Gasteiger partial charge in [0.25, 0.3) is 0 Å². The van der Waals surface area contributed by atoms with Gasteiger partial charge in [0.1, 0.15) is 0 Å². The molecule has 2 N–H and O–H groups in total. The molecule has 1 aromatic carbocycles. The third-order valence-electron chi connectivity index (χ3n) is 3.70. The Morgan fingerprint density at radius 3 is 2.73 bits per heavy atom. The smallest absolute Gasteiger partial charge is 0.223 e. The Balaban J connectivity index is 1.85. The van der Waals surface area contributed by atoms with Gasteiger partial charge in [-0.3, -0.25) is 4.79 Å². The molecule has 0 saturated carbocycles. The van der Waals surface area contributed by atoms with Gasteiger partial charge in [-0.25, -0.2) is 4.98 Å². The molecule has 118 valence electrons. The Labute approximate surface area is 131 Å². The van der Waals surface area contributed by atoms with Crippen LogP contribution in [0.3, 0.4) is 0 Å². The second-order valence-corrected chi connectivity index (χ2v) is 5.35. The first-order chi connectivity index (χ1) is 10.7. The molecule has 1 aromatic heterocycles. The molecule has 0 aliphatic carbocycles. The second kappa shape index (κ2) is 8.34. The SMILES string of the molecule is Cc1[nH]cnc1CN(CCO)C(=O)CCCc1ccccc1. The van der Waals surface area contributed by atoms with Crippen molar-refractivity contribution in [1.82, 2.24) is 14.9 Å². The highest BCUT2D eigenvalue weighted by Gasteiger charge is 2.15. The number of aliphatic hydroxyl groups is 1. The first kappa shape index (κ1) is 16.2. The Kier molecular flexibility index (Phi) is 6.15. The van der Waals surface area contributed by atoms with Crippen molar-refractivity contribution in [2.45, 2.75) is 32.7 Å². The van der Waals surface area contributed by atoms with Crippen molar-refractivity contribution < 1.29 is 9.90 Å². The Hall–Kier alpha value is -2.14. The Morgan fingerprint density at radius 2 is 2.09 bits per heavy atom. The maximum atomic E-state index is 12.3. The number of aromatic nitrogens is 2. The highest BCUT2D eigenvalue weighted by atomic mass is 16.3. The molecule has 0 saturated heterocycles. The largest absolute Gasteiger partial charge is 0.395 e. The molecule has 0 fully saturated rings. The van der Waals surface area contributed by atoms with Crippen LogP contribution in [0.4, 0.5) is 0 Å². The lowest BCUT2D eigenvalue weighted by molar-refractivity contribution is -0.132. The molecular weight excluding hydrogens is 278 g/mol. The number of nitrogens with zero attached hydrogens (tertiary/aromatic N) is 2. The quantitative estimate of drug-likeness (QED) is 0.784. The van der Waals surface area contributed by atoms with Gasteiger partial charge in [0.2, 0.25) is 5.91 Å². The van der Waals surface area contributed by atoms with Gasteiger partial charge in [-0.1, -0.05) is 30.3 Å². The van der Waals surface area contributed by atoms with E-state index >= 15 is 0 Å². The molecule has 1 amide bonds. The van der Waals surface area contributed by atoms with Crippen LogP contribution >= 0.6 is 0 Å². The van der Waals surface area contributed by atoms with Crippen LogP contribution in [0.5, 0.6) is 0 Å². The molecule has 5 nitrogen and oxygen atoms in total. The first-order valence-corrected chi connectivity index (χ1v) is 7.62. The van der Waals surface area contributed by atoms with Crippen molar-refractivity contribution in [3.63, 3.8) is 0 Å². The third-order valence-corrected chi connectivity index (χ3v) is 3.70. The first-order valence-electron chi connectivity index (χ1n) is 7.62. The molecule has 0 atom stereocenters. The number of imidazole rings is 1. The summed E-state index contributed by atoms with van der Waals surface area (Å²) in [6, 6.07) is 10.2. The number of amides is 1. The van der Waals surface area contributed by atoms with E-state index in [2.05, 4.69) is 22.1 Å². The number of benzene rings is 1. The summed E-state index contributed by atoms with van der Waals surface area (Å²) in [5, 5.41) is 9.16. The van der Waals surface area contributed by atoms with Crippen molar-refractivity contribution in [3.8, 4) is 0 Å². The monoisotopic (exact) mass is 301 g/mol. The molecule has 5 heteroatoms. The van der Waals surface area contributed by atoms with Crippen molar-refractivity contribution >= 4 is 5.91 Å². The number of carbonyl (C=O) groups is 1. The van der Waals surface area contributed by atoms with Gasteiger partial charge >= 0.3 is 0 Å². The van der Waals surface area contributed by atoms with Crippen molar-refractivity contribution in [1.29, 1.82) is 0 Å². The summed E-state index contributed by atoms with van der Waals surface area (Å²) >= 11 is 0. The zero-order chi connectivity index (χ0) is 15.8. The highest BCUT2D eigenvalue weighted by molar-refractivity contribution is 5.76. The minimum atomic E-state index is -0.0338. The molecule has 0 spiro atoms. The number of aromatic amines is 1. The van der Waals surface area contributed by atoms with Gasteiger partial charge in [0.05, 0.1) is 25.2 Å². The van der Waals surface area contributed by atoms with Crippen molar-refractivity contribution in [2.75, 3.05) is 13.2 Å². The number of carbonyl (C=O) groups excluding carboxylic acids is 1. The van der Waals surface area contributed by atoms with E-state index in [1.54, 1.807) is 11.2 Å². The number of nitrogens with one attached hydrogen (secondary N) is 1. The minimum absolute atomic E-state index is 0.0338. The molecular formula is C17H23N3O2. The molecule has 0 unspecified atom stereocenters. The fourth-order valence-corrected chi connectivity index (χ4v) is 2.39. The van der Waals surface area contributed by atoms with E-state index in [1.165, 1.54) is 5.56 Å². The molecule has 1 heterocycles. The molecule has 0 aliphatic rings. The van der Waals surface area contributed by atoms with Crippen LogP contribution in [0.25, 0.3) is 0 Å². The lowest BCUT2D eigenvalue weighted by Crippen LogP contribution is -2.33. The standard InChI is InChI=1S/C17H23N3O2/c1-14-16(19-13-18-14)12-20(10-11-21)17(22)9-5-8-15-6-3-2-4-7-15/h2-4,6-7,13,21H,5,8-12H2,1H3,(H,18,19). The zero-order valence-corrected chi connectivity index (χ0v) is 13.0.